The van der Waals surface area contributed by atoms with Crippen molar-refractivity contribution in [2.24, 2.45) is 0 Å². The molecule has 33 heavy (non-hydrogen) atoms. The number of hydrogen-bond acceptors (Lipinski definition) is 3. The predicted molar refractivity (Wildman–Crippen MR) is 136 cm³/mol. The summed E-state index contributed by atoms with van der Waals surface area (Å²) in [6.07, 6.45) is 5.07. The molecule has 0 aliphatic heterocycles. The zero-order chi connectivity index (χ0) is 24.0. The summed E-state index contributed by atoms with van der Waals surface area (Å²) in [6, 6.07) is 17.7. The summed E-state index contributed by atoms with van der Waals surface area (Å²) in [5.74, 6) is -0.577. The van der Waals surface area contributed by atoms with Crippen LogP contribution in [-0.4, -0.2) is 19.2 Å². The molecule has 4 N–H and O–H groups in total. The number of likely N-dealkylation sites (N-methyl/N-ethyl adjacent to an activating group) is 1. The van der Waals surface area contributed by atoms with E-state index in [0.717, 1.165) is 33.4 Å². The number of carbonyl (C=O) groups excluding carboxylic acids is 1. The molecule has 0 atom stereocenters. The number of anilines is 1. The lowest BCUT2D eigenvalue weighted by molar-refractivity contribution is -0.115. The molecule has 3 aromatic carbocycles. The number of amides is 1. The summed E-state index contributed by atoms with van der Waals surface area (Å²) >= 11 is 6.44. The van der Waals surface area contributed by atoms with E-state index >= 15 is 0 Å². The van der Waals surface area contributed by atoms with E-state index in [2.05, 4.69) is 5.32 Å². The summed E-state index contributed by atoms with van der Waals surface area (Å²) in [5, 5.41) is 10.6. The maximum atomic E-state index is 13.7. The topological polar surface area (TPSA) is 79.0 Å². The first-order valence-electron chi connectivity index (χ1n) is 10.5. The summed E-state index contributed by atoms with van der Waals surface area (Å²) < 4.78 is 13.7. The number of benzene rings is 3. The molecule has 3 aromatic rings. The number of nitrogens with one attached hydrogen (secondary N) is 2. The highest BCUT2D eigenvalue weighted by molar-refractivity contribution is 6.32. The summed E-state index contributed by atoms with van der Waals surface area (Å²) in [6.45, 7) is 2.02. The van der Waals surface area contributed by atoms with Crippen LogP contribution in [0.1, 0.15) is 41.2 Å². The molecule has 0 bridgehead atoms. The van der Waals surface area contributed by atoms with E-state index in [1.54, 1.807) is 25.3 Å². The molecule has 0 saturated carbocycles. The third kappa shape index (κ3) is 5.57. The van der Waals surface area contributed by atoms with Gasteiger partial charge in [0.15, 0.2) is 0 Å². The lowest BCUT2D eigenvalue weighted by Gasteiger charge is -2.18. The first-order valence-corrected chi connectivity index (χ1v) is 10.8. The lowest BCUT2D eigenvalue weighted by atomic mass is 9.87. The van der Waals surface area contributed by atoms with Crippen LogP contribution in [0.2, 0.25) is 5.02 Å². The first kappa shape index (κ1) is 24.0. The Hall–Kier alpha value is -3.70. The molecular formula is C27H25ClFN3O. The fourth-order valence-electron chi connectivity index (χ4n) is 3.62. The second kappa shape index (κ2) is 10.7. The predicted octanol–water partition coefficient (Wildman–Crippen LogP) is 6.19. The van der Waals surface area contributed by atoms with Crippen LogP contribution in [0.4, 0.5) is 10.1 Å². The Morgan fingerprint density at radius 2 is 1.79 bits per heavy atom. The normalized spacial score (nSPS) is 11.9. The molecule has 0 unspecified atom stereocenters. The van der Waals surface area contributed by atoms with Crippen LogP contribution >= 0.6 is 11.6 Å². The minimum absolute atomic E-state index is 0.181. The zero-order valence-corrected chi connectivity index (χ0v) is 19.2. The molecule has 4 nitrogen and oxygen atoms in total. The van der Waals surface area contributed by atoms with E-state index in [1.165, 1.54) is 24.4 Å². The molecule has 0 aliphatic carbocycles. The van der Waals surface area contributed by atoms with E-state index in [-0.39, 0.29) is 5.91 Å². The van der Waals surface area contributed by atoms with Crippen molar-refractivity contribution in [3.63, 3.8) is 0 Å². The molecule has 0 radical (unpaired) electrons. The SMILES string of the molecule is CC/C(=C(/c1ccc(/C=C/C(=O)NC)cc1)c1ccc(N)c(C=N)c1)c1ccc(F)cc1Cl. The van der Waals surface area contributed by atoms with Crippen LogP contribution in [0.5, 0.6) is 0 Å². The number of nitrogens with two attached hydrogens (primary N) is 1. The van der Waals surface area contributed by atoms with Gasteiger partial charge in [0.25, 0.3) is 0 Å². The van der Waals surface area contributed by atoms with Gasteiger partial charge in [0.2, 0.25) is 5.91 Å². The minimum Gasteiger partial charge on any atom is -0.398 e. The van der Waals surface area contributed by atoms with E-state index in [0.29, 0.717) is 22.7 Å². The van der Waals surface area contributed by atoms with Crippen molar-refractivity contribution in [1.29, 1.82) is 5.41 Å². The summed E-state index contributed by atoms with van der Waals surface area (Å²) in [5.41, 5.74) is 12.4. The van der Waals surface area contributed by atoms with Crippen molar-refractivity contribution < 1.29 is 9.18 Å². The maximum absolute atomic E-state index is 13.7. The quantitative estimate of drug-likeness (QED) is 0.170. The minimum atomic E-state index is -0.397. The van der Waals surface area contributed by atoms with Gasteiger partial charge in [0.05, 0.1) is 5.02 Å². The highest BCUT2D eigenvalue weighted by Gasteiger charge is 2.16. The number of rotatable bonds is 7. The maximum Gasteiger partial charge on any atom is 0.243 e. The van der Waals surface area contributed by atoms with Gasteiger partial charge in [-0.25, -0.2) is 4.39 Å². The van der Waals surface area contributed by atoms with Crippen molar-refractivity contribution in [3.05, 3.63) is 105 Å². The average molecular weight is 462 g/mol. The van der Waals surface area contributed by atoms with Crippen LogP contribution in [0.25, 0.3) is 17.2 Å². The van der Waals surface area contributed by atoms with Crippen LogP contribution in [0.3, 0.4) is 0 Å². The van der Waals surface area contributed by atoms with Crippen LogP contribution < -0.4 is 11.1 Å². The molecule has 0 aliphatic rings. The summed E-state index contributed by atoms with van der Waals surface area (Å²) in [4.78, 5) is 11.5. The van der Waals surface area contributed by atoms with E-state index in [9.17, 15) is 9.18 Å². The van der Waals surface area contributed by atoms with Crippen molar-refractivity contribution in [2.45, 2.75) is 13.3 Å². The van der Waals surface area contributed by atoms with Gasteiger partial charge >= 0.3 is 0 Å². The number of hydrogen-bond donors (Lipinski definition) is 3. The Balaban J connectivity index is 2.23. The second-order valence-corrected chi connectivity index (χ2v) is 7.80. The fraction of sp³-hybridized carbons (Fsp3) is 0.111. The molecule has 0 spiro atoms. The van der Waals surface area contributed by atoms with Gasteiger partial charge < -0.3 is 16.5 Å². The number of carbonyl (C=O) groups is 1. The van der Waals surface area contributed by atoms with Gasteiger partial charge in [-0.15, -0.1) is 0 Å². The molecule has 6 heteroatoms. The zero-order valence-electron chi connectivity index (χ0n) is 18.5. The Kier molecular flexibility index (Phi) is 7.80. The highest BCUT2D eigenvalue weighted by Crippen LogP contribution is 2.38. The van der Waals surface area contributed by atoms with Gasteiger partial charge in [0, 0.05) is 30.6 Å². The Bertz CT molecular complexity index is 1250. The average Bonchev–Trinajstić information content (AvgIpc) is 2.82. The van der Waals surface area contributed by atoms with Crippen molar-refractivity contribution >= 4 is 46.6 Å². The van der Waals surface area contributed by atoms with Crippen molar-refractivity contribution in [1.82, 2.24) is 5.32 Å². The van der Waals surface area contributed by atoms with Gasteiger partial charge in [-0.1, -0.05) is 54.9 Å². The number of halogens is 2. The first-order chi connectivity index (χ1) is 15.9. The fourth-order valence-corrected chi connectivity index (χ4v) is 3.90. The Labute approximate surface area is 198 Å². The van der Waals surface area contributed by atoms with E-state index in [4.69, 9.17) is 22.7 Å². The van der Waals surface area contributed by atoms with E-state index < -0.39 is 5.82 Å². The molecule has 0 fully saturated rings. The van der Waals surface area contributed by atoms with Crippen LogP contribution in [-0.2, 0) is 4.79 Å². The third-order valence-electron chi connectivity index (χ3n) is 5.32. The standard InChI is InChI=1S/C27H25ClFN3O/c1-3-22(23-11-10-21(29)15-24(23)28)27(19-9-12-25(31)20(14-19)16-30)18-7-4-17(5-8-18)6-13-26(33)32-2/h4-16,30H,3,31H2,1-2H3,(H,32,33)/b13-6+,27-22+,30-16?. The van der Waals surface area contributed by atoms with Crippen molar-refractivity contribution in [3.8, 4) is 0 Å². The van der Waals surface area contributed by atoms with Gasteiger partial charge in [-0.2, -0.15) is 0 Å². The van der Waals surface area contributed by atoms with E-state index in [1.807, 2.05) is 43.3 Å². The summed E-state index contributed by atoms with van der Waals surface area (Å²) in [7, 11) is 1.58. The van der Waals surface area contributed by atoms with Crippen LogP contribution in [0, 0.1) is 11.2 Å². The molecule has 0 aromatic heterocycles. The number of nitrogen functional groups attached to an aromatic ring is 1. The molecule has 3 rings (SSSR count). The molecule has 0 saturated heterocycles. The molecular weight excluding hydrogens is 437 g/mol. The smallest absolute Gasteiger partial charge is 0.243 e. The molecule has 0 heterocycles. The van der Waals surface area contributed by atoms with Crippen molar-refractivity contribution in [2.75, 3.05) is 12.8 Å². The van der Waals surface area contributed by atoms with Gasteiger partial charge in [0.1, 0.15) is 5.82 Å². The monoisotopic (exact) mass is 461 g/mol. The lowest BCUT2D eigenvalue weighted by Crippen LogP contribution is -2.13. The largest absolute Gasteiger partial charge is 0.398 e. The van der Waals surface area contributed by atoms with Gasteiger partial charge in [-0.05, 0) is 70.2 Å². The Morgan fingerprint density at radius 1 is 1.09 bits per heavy atom. The Morgan fingerprint density at radius 3 is 2.39 bits per heavy atom. The highest BCUT2D eigenvalue weighted by atomic mass is 35.5. The molecule has 1 amide bonds. The van der Waals surface area contributed by atoms with Gasteiger partial charge in [-0.3, -0.25) is 4.79 Å². The second-order valence-electron chi connectivity index (χ2n) is 7.39. The molecule has 168 valence electrons. The third-order valence-corrected chi connectivity index (χ3v) is 5.63. The van der Waals surface area contributed by atoms with Crippen LogP contribution in [0.15, 0.2) is 66.7 Å². The number of allylic oxidation sites excluding steroid dienone is 1.